The van der Waals surface area contributed by atoms with E-state index < -0.39 is 0 Å². The van der Waals surface area contributed by atoms with Crippen molar-refractivity contribution in [1.29, 1.82) is 0 Å². The average molecular weight is 320 g/mol. The summed E-state index contributed by atoms with van der Waals surface area (Å²) >= 11 is 0. The summed E-state index contributed by atoms with van der Waals surface area (Å²) in [6.45, 7) is 3.45. The van der Waals surface area contributed by atoms with E-state index >= 15 is 0 Å². The normalized spacial score (nSPS) is 10.7. The molecule has 24 heavy (non-hydrogen) atoms. The molecule has 0 aliphatic heterocycles. The van der Waals surface area contributed by atoms with Crippen LogP contribution in [0.4, 0.5) is 0 Å². The predicted molar refractivity (Wildman–Crippen MR) is 94.9 cm³/mol. The Bertz CT molecular complexity index is 852. The van der Waals surface area contributed by atoms with Crippen LogP contribution < -0.4 is 0 Å². The number of likely N-dealkylation sites (N-methyl/N-ethyl adjacent to an activating group) is 1. The van der Waals surface area contributed by atoms with Gasteiger partial charge in [0.25, 0.3) is 0 Å². The summed E-state index contributed by atoms with van der Waals surface area (Å²) in [5.74, 6) is 0.0413. The van der Waals surface area contributed by atoms with Gasteiger partial charge in [-0.1, -0.05) is 48.5 Å². The summed E-state index contributed by atoms with van der Waals surface area (Å²) in [5.41, 5.74) is 2.63. The summed E-state index contributed by atoms with van der Waals surface area (Å²) < 4.78 is 1.86. The summed E-state index contributed by atoms with van der Waals surface area (Å²) in [5, 5.41) is 0.881. The van der Waals surface area contributed by atoms with Gasteiger partial charge in [0.1, 0.15) is 6.54 Å². The molecule has 0 aliphatic carbocycles. The lowest BCUT2D eigenvalue weighted by atomic mass is 10.2. The van der Waals surface area contributed by atoms with Crippen molar-refractivity contribution in [3.05, 3.63) is 71.9 Å². The van der Waals surface area contributed by atoms with E-state index in [-0.39, 0.29) is 12.5 Å². The van der Waals surface area contributed by atoms with Gasteiger partial charge in [-0.15, -0.1) is 0 Å². The molecule has 0 radical (unpaired) electrons. The van der Waals surface area contributed by atoms with Crippen LogP contribution >= 0.6 is 0 Å². The predicted octanol–water partition coefficient (Wildman–Crippen LogP) is 3.50. The van der Waals surface area contributed by atoms with Gasteiger partial charge < -0.3 is 9.47 Å². The van der Waals surface area contributed by atoms with Crippen LogP contribution in [0.5, 0.6) is 0 Å². The highest BCUT2D eigenvalue weighted by molar-refractivity contribution is 5.98. The topological polar surface area (TPSA) is 42.3 Å². The second kappa shape index (κ2) is 7.13. The molecule has 0 unspecified atom stereocenters. The van der Waals surface area contributed by atoms with Crippen LogP contribution in [0.25, 0.3) is 10.9 Å². The van der Waals surface area contributed by atoms with E-state index in [1.165, 1.54) is 0 Å². The van der Waals surface area contributed by atoms with Crippen molar-refractivity contribution in [3.63, 3.8) is 0 Å². The van der Waals surface area contributed by atoms with E-state index in [0.717, 1.165) is 22.8 Å². The highest BCUT2D eigenvalue weighted by Gasteiger charge is 2.15. The van der Waals surface area contributed by atoms with Gasteiger partial charge in [-0.05, 0) is 18.6 Å². The van der Waals surface area contributed by atoms with Crippen LogP contribution in [-0.4, -0.2) is 28.2 Å². The standard InChI is InChI=1S/C20H20N2O2/c1-2-21(12-16-8-4-3-5-9-16)20(24)14-22-13-17(15-23)18-10-6-7-11-19(18)22/h3-11,13,15H,2,12,14H2,1H3. The number of carbonyl (C=O) groups is 2. The van der Waals surface area contributed by atoms with Crippen molar-refractivity contribution < 1.29 is 9.59 Å². The number of fused-ring (bicyclic) bond motifs is 1. The number of benzene rings is 2. The third-order valence-electron chi connectivity index (χ3n) is 4.20. The van der Waals surface area contributed by atoms with Gasteiger partial charge >= 0.3 is 0 Å². The number of nitrogens with zero attached hydrogens (tertiary/aromatic N) is 2. The molecular weight excluding hydrogens is 300 g/mol. The van der Waals surface area contributed by atoms with Crippen LogP contribution in [0.1, 0.15) is 22.8 Å². The molecule has 0 N–H and O–H groups in total. The number of hydrogen-bond donors (Lipinski definition) is 0. The number of para-hydroxylation sites is 1. The molecule has 0 spiro atoms. The number of amides is 1. The second-order valence-electron chi connectivity index (χ2n) is 5.74. The van der Waals surface area contributed by atoms with E-state index in [2.05, 4.69) is 0 Å². The highest BCUT2D eigenvalue weighted by Crippen LogP contribution is 2.20. The molecule has 1 amide bonds. The van der Waals surface area contributed by atoms with Crippen LogP contribution in [0.2, 0.25) is 0 Å². The van der Waals surface area contributed by atoms with Crippen molar-refractivity contribution in [2.24, 2.45) is 0 Å². The highest BCUT2D eigenvalue weighted by atomic mass is 16.2. The smallest absolute Gasteiger partial charge is 0.242 e. The molecule has 0 fully saturated rings. The Balaban J connectivity index is 1.82. The Morgan fingerprint density at radius 3 is 2.50 bits per heavy atom. The first-order valence-corrected chi connectivity index (χ1v) is 8.07. The monoisotopic (exact) mass is 320 g/mol. The van der Waals surface area contributed by atoms with Crippen LogP contribution in [0.3, 0.4) is 0 Å². The third kappa shape index (κ3) is 3.23. The molecule has 3 aromatic rings. The molecule has 0 saturated carbocycles. The summed E-state index contributed by atoms with van der Waals surface area (Å²) in [6, 6.07) is 17.6. The minimum Gasteiger partial charge on any atom is -0.337 e. The first-order valence-electron chi connectivity index (χ1n) is 8.07. The fourth-order valence-corrected chi connectivity index (χ4v) is 2.93. The molecule has 1 heterocycles. The van der Waals surface area contributed by atoms with E-state index in [0.29, 0.717) is 18.7 Å². The Morgan fingerprint density at radius 1 is 1.08 bits per heavy atom. The van der Waals surface area contributed by atoms with Gasteiger partial charge in [-0.25, -0.2) is 0 Å². The minimum atomic E-state index is 0.0413. The molecule has 0 saturated heterocycles. The summed E-state index contributed by atoms with van der Waals surface area (Å²) in [7, 11) is 0. The maximum absolute atomic E-state index is 12.7. The van der Waals surface area contributed by atoms with Gasteiger partial charge in [0, 0.05) is 35.8 Å². The van der Waals surface area contributed by atoms with E-state index in [1.54, 1.807) is 6.20 Å². The molecule has 0 aliphatic rings. The number of aromatic nitrogens is 1. The Kier molecular flexibility index (Phi) is 4.75. The average Bonchev–Trinajstić information content (AvgIpc) is 2.98. The molecular formula is C20H20N2O2. The van der Waals surface area contributed by atoms with Crippen LogP contribution in [-0.2, 0) is 17.9 Å². The van der Waals surface area contributed by atoms with Crippen molar-refractivity contribution >= 4 is 23.1 Å². The first kappa shape index (κ1) is 16.0. The lowest BCUT2D eigenvalue weighted by Gasteiger charge is -2.21. The van der Waals surface area contributed by atoms with Gasteiger partial charge in [-0.2, -0.15) is 0 Å². The van der Waals surface area contributed by atoms with E-state index in [4.69, 9.17) is 0 Å². The fourth-order valence-electron chi connectivity index (χ4n) is 2.93. The molecule has 1 aromatic heterocycles. The molecule has 3 rings (SSSR count). The largest absolute Gasteiger partial charge is 0.337 e. The maximum Gasteiger partial charge on any atom is 0.242 e. The van der Waals surface area contributed by atoms with Gasteiger partial charge in [-0.3, -0.25) is 9.59 Å². The SMILES string of the molecule is CCN(Cc1ccccc1)C(=O)Cn1cc(C=O)c2ccccc21. The second-order valence-corrected chi connectivity index (χ2v) is 5.74. The van der Waals surface area contributed by atoms with Crippen molar-refractivity contribution in [3.8, 4) is 0 Å². The molecule has 2 aromatic carbocycles. The van der Waals surface area contributed by atoms with Crippen molar-refractivity contribution in [1.82, 2.24) is 9.47 Å². The number of aldehydes is 1. The zero-order valence-electron chi connectivity index (χ0n) is 13.7. The fraction of sp³-hybridized carbons (Fsp3) is 0.200. The van der Waals surface area contributed by atoms with Gasteiger partial charge in [0.15, 0.2) is 6.29 Å². The van der Waals surface area contributed by atoms with Crippen molar-refractivity contribution in [2.75, 3.05) is 6.54 Å². The quantitative estimate of drug-likeness (QED) is 0.652. The Labute approximate surface area is 141 Å². The molecule has 122 valence electrons. The van der Waals surface area contributed by atoms with Gasteiger partial charge in [0.2, 0.25) is 5.91 Å². The number of carbonyl (C=O) groups excluding carboxylic acids is 2. The lowest BCUT2D eigenvalue weighted by molar-refractivity contribution is -0.132. The third-order valence-corrected chi connectivity index (χ3v) is 4.20. The van der Waals surface area contributed by atoms with Crippen LogP contribution in [0.15, 0.2) is 60.8 Å². The number of hydrogen-bond acceptors (Lipinski definition) is 2. The van der Waals surface area contributed by atoms with Crippen LogP contribution in [0, 0.1) is 0 Å². The van der Waals surface area contributed by atoms with Gasteiger partial charge in [0.05, 0.1) is 0 Å². The zero-order chi connectivity index (χ0) is 16.9. The zero-order valence-corrected chi connectivity index (χ0v) is 13.7. The molecule has 0 bridgehead atoms. The minimum absolute atomic E-state index is 0.0413. The summed E-state index contributed by atoms with van der Waals surface area (Å²) in [6.07, 6.45) is 2.59. The Morgan fingerprint density at radius 2 is 1.79 bits per heavy atom. The molecule has 4 heteroatoms. The Hall–Kier alpha value is -2.88. The first-order chi connectivity index (χ1) is 11.7. The van der Waals surface area contributed by atoms with E-state index in [1.807, 2.05) is 71.0 Å². The summed E-state index contributed by atoms with van der Waals surface area (Å²) in [4.78, 5) is 25.8. The molecule has 4 nitrogen and oxygen atoms in total. The van der Waals surface area contributed by atoms with E-state index in [9.17, 15) is 9.59 Å². The molecule has 0 atom stereocenters. The van der Waals surface area contributed by atoms with Crippen molar-refractivity contribution in [2.45, 2.75) is 20.0 Å². The lowest BCUT2D eigenvalue weighted by Crippen LogP contribution is -2.33. The maximum atomic E-state index is 12.7. The number of rotatable bonds is 6.